The molecule has 0 saturated heterocycles. The number of carbonyl (C=O) groups is 1. The zero-order valence-electron chi connectivity index (χ0n) is 11.5. The van der Waals surface area contributed by atoms with Gasteiger partial charge in [0, 0.05) is 0 Å². The van der Waals surface area contributed by atoms with Gasteiger partial charge in [-0.25, -0.2) is 0 Å². The largest absolute Gasteiger partial charge is 0.493 e. The van der Waals surface area contributed by atoms with E-state index in [0.29, 0.717) is 12.5 Å². The molecule has 3 heteroatoms. The molecule has 0 atom stereocenters. The van der Waals surface area contributed by atoms with E-state index in [0.717, 1.165) is 37.9 Å². The molecule has 0 heterocycles. The summed E-state index contributed by atoms with van der Waals surface area (Å²) in [5.41, 5.74) is 1.31. The minimum Gasteiger partial charge on any atom is -0.493 e. The maximum Gasteiger partial charge on any atom is 0.306 e. The average Bonchev–Trinajstić information content (AvgIpc) is 2.46. The number of hydrogen-bond acceptors (Lipinski definition) is 2. The minimum atomic E-state index is -0.644. The van der Waals surface area contributed by atoms with E-state index in [-0.39, 0.29) is 5.92 Å². The smallest absolute Gasteiger partial charge is 0.306 e. The summed E-state index contributed by atoms with van der Waals surface area (Å²) in [6.07, 6.45) is 4.55. The van der Waals surface area contributed by atoms with Gasteiger partial charge in [-0.3, -0.25) is 4.79 Å². The highest BCUT2D eigenvalue weighted by atomic mass is 16.5. The molecule has 0 bridgehead atoms. The number of carboxylic acids is 1. The van der Waals surface area contributed by atoms with Crippen LogP contribution in [0.2, 0.25) is 0 Å². The topological polar surface area (TPSA) is 46.5 Å². The van der Waals surface area contributed by atoms with Gasteiger partial charge in [-0.2, -0.15) is 0 Å². The number of rotatable bonds is 5. The molecule has 3 nitrogen and oxygen atoms in total. The number of aryl methyl sites for hydroxylation is 1. The maximum atomic E-state index is 10.9. The van der Waals surface area contributed by atoms with Crippen LogP contribution in [-0.4, -0.2) is 17.7 Å². The van der Waals surface area contributed by atoms with Crippen LogP contribution in [-0.2, 0) is 11.2 Å². The van der Waals surface area contributed by atoms with Gasteiger partial charge in [0.25, 0.3) is 0 Å². The SMILES string of the molecule is CCc1ccc(OC[C@H]2CC[C@H](C(=O)O)CC2)cc1. The fourth-order valence-corrected chi connectivity index (χ4v) is 2.61. The van der Waals surface area contributed by atoms with Crippen LogP contribution in [0.3, 0.4) is 0 Å². The zero-order chi connectivity index (χ0) is 13.7. The van der Waals surface area contributed by atoms with E-state index in [1.165, 1.54) is 5.56 Å². The summed E-state index contributed by atoms with van der Waals surface area (Å²) in [5.74, 6) is 0.633. The third-order valence-electron chi connectivity index (χ3n) is 4.01. The molecule has 1 aliphatic rings. The number of ether oxygens (including phenoxy) is 1. The Balaban J connectivity index is 1.75. The molecule has 0 aromatic heterocycles. The fourth-order valence-electron chi connectivity index (χ4n) is 2.61. The summed E-state index contributed by atoms with van der Waals surface area (Å²) in [6, 6.07) is 8.22. The Morgan fingerprint density at radius 3 is 2.37 bits per heavy atom. The number of aliphatic carboxylic acids is 1. The molecule has 1 saturated carbocycles. The number of benzene rings is 1. The van der Waals surface area contributed by atoms with Crippen molar-refractivity contribution >= 4 is 5.97 Å². The van der Waals surface area contributed by atoms with Crippen molar-refractivity contribution in [3.8, 4) is 5.75 Å². The van der Waals surface area contributed by atoms with Crippen molar-refractivity contribution in [1.29, 1.82) is 0 Å². The summed E-state index contributed by atoms with van der Waals surface area (Å²) in [5, 5.41) is 8.95. The molecule has 1 fully saturated rings. The molecule has 0 spiro atoms. The number of carboxylic acid groups (broad SMARTS) is 1. The van der Waals surface area contributed by atoms with E-state index in [1.54, 1.807) is 0 Å². The van der Waals surface area contributed by atoms with Gasteiger partial charge in [-0.05, 0) is 55.7 Å². The van der Waals surface area contributed by atoms with Gasteiger partial charge in [0.05, 0.1) is 12.5 Å². The zero-order valence-corrected chi connectivity index (χ0v) is 11.5. The standard InChI is InChI=1S/C16H22O3/c1-2-12-5-9-15(10-6-12)19-11-13-3-7-14(8-4-13)16(17)18/h5-6,9-10,13-14H,2-4,7-8,11H2,1H3,(H,17,18)/t13-,14-. The van der Waals surface area contributed by atoms with Crippen LogP contribution in [0.1, 0.15) is 38.2 Å². The predicted molar refractivity (Wildman–Crippen MR) is 74.4 cm³/mol. The van der Waals surface area contributed by atoms with Crippen LogP contribution in [0.4, 0.5) is 0 Å². The van der Waals surface area contributed by atoms with Crippen LogP contribution in [0.25, 0.3) is 0 Å². The summed E-state index contributed by atoms with van der Waals surface area (Å²) >= 11 is 0. The first kappa shape index (κ1) is 13.9. The lowest BCUT2D eigenvalue weighted by molar-refractivity contribution is -0.143. The van der Waals surface area contributed by atoms with Crippen molar-refractivity contribution < 1.29 is 14.6 Å². The van der Waals surface area contributed by atoms with Gasteiger partial charge >= 0.3 is 5.97 Å². The molecule has 1 N–H and O–H groups in total. The number of hydrogen-bond donors (Lipinski definition) is 1. The third kappa shape index (κ3) is 3.98. The second-order valence-corrected chi connectivity index (χ2v) is 5.36. The van der Waals surface area contributed by atoms with E-state index in [9.17, 15) is 4.79 Å². The summed E-state index contributed by atoms with van der Waals surface area (Å²) in [6.45, 7) is 2.84. The Hall–Kier alpha value is -1.51. The molecule has 2 rings (SSSR count). The van der Waals surface area contributed by atoms with Crippen LogP contribution >= 0.6 is 0 Å². The Morgan fingerprint density at radius 2 is 1.84 bits per heavy atom. The Bertz CT molecular complexity index is 403. The van der Waals surface area contributed by atoms with Gasteiger partial charge in [-0.1, -0.05) is 19.1 Å². The molecule has 1 aromatic rings. The molecule has 1 aliphatic carbocycles. The second kappa shape index (κ2) is 6.60. The van der Waals surface area contributed by atoms with E-state index in [4.69, 9.17) is 9.84 Å². The van der Waals surface area contributed by atoms with Crippen LogP contribution < -0.4 is 4.74 Å². The van der Waals surface area contributed by atoms with E-state index in [2.05, 4.69) is 19.1 Å². The monoisotopic (exact) mass is 262 g/mol. The molecule has 1 aromatic carbocycles. The molecular weight excluding hydrogens is 240 g/mol. The van der Waals surface area contributed by atoms with Crippen molar-refractivity contribution in [1.82, 2.24) is 0 Å². The van der Waals surface area contributed by atoms with E-state index >= 15 is 0 Å². The highest BCUT2D eigenvalue weighted by Crippen LogP contribution is 2.29. The molecule has 0 amide bonds. The second-order valence-electron chi connectivity index (χ2n) is 5.36. The lowest BCUT2D eigenvalue weighted by Gasteiger charge is -2.25. The minimum absolute atomic E-state index is 0.139. The molecule has 0 radical (unpaired) electrons. The third-order valence-corrected chi connectivity index (χ3v) is 4.01. The Labute approximate surface area is 114 Å². The fraction of sp³-hybridized carbons (Fsp3) is 0.562. The average molecular weight is 262 g/mol. The molecule has 0 unspecified atom stereocenters. The van der Waals surface area contributed by atoms with Crippen molar-refractivity contribution in [2.24, 2.45) is 11.8 Å². The highest BCUT2D eigenvalue weighted by Gasteiger charge is 2.26. The normalized spacial score (nSPS) is 23.0. The first-order valence-corrected chi connectivity index (χ1v) is 7.13. The quantitative estimate of drug-likeness (QED) is 0.883. The maximum absolute atomic E-state index is 10.9. The summed E-state index contributed by atoms with van der Waals surface area (Å²) in [7, 11) is 0. The van der Waals surface area contributed by atoms with Crippen LogP contribution in [0, 0.1) is 11.8 Å². The van der Waals surface area contributed by atoms with Gasteiger partial charge in [0.2, 0.25) is 0 Å². The Kier molecular flexibility index (Phi) is 4.83. The van der Waals surface area contributed by atoms with Gasteiger partial charge in [0.15, 0.2) is 0 Å². The highest BCUT2D eigenvalue weighted by molar-refractivity contribution is 5.69. The first-order valence-electron chi connectivity index (χ1n) is 7.13. The molecular formula is C16H22O3. The lowest BCUT2D eigenvalue weighted by atomic mass is 9.82. The first-order chi connectivity index (χ1) is 9.19. The summed E-state index contributed by atoms with van der Waals surface area (Å²) in [4.78, 5) is 10.9. The van der Waals surface area contributed by atoms with Gasteiger partial charge in [-0.15, -0.1) is 0 Å². The van der Waals surface area contributed by atoms with Gasteiger partial charge in [0.1, 0.15) is 5.75 Å². The van der Waals surface area contributed by atoms with Gasteiger partial charge < -0.3 is 9.84 Å². The van der Waals surface area contributed by atoms with Crippen LogP contribution in [0.15, 0.2) is 24.3 Å². The van der Waals surface area contributed by atoms with Crippen molar-refractivity contribution in [2.45, 2.75) is 39.0 Å². The lowest BCUT2D eigenvalue weighted by Crippen LogP contribution is -2.24. The van der Waals surface area contributed by atoms with E-state index in [1.807, 2.05) is 12.1 Å². The van der Waals surface area contributed by atoms with Crippen molar-refractivity contribution in [3.05, 3.63) is 29.8 Å². The summed E-state index contributed by atoms with van der Waals surface area (Å²) < 4.78 is 5.79. The predicted octanol–water partition coefficient (Wildman–Crippen LogP) is 3.52. The van der Waals surface area contributed by atoms with Crippen LogP contribution in [0.5, 0.6) is 5.75 Å². The van der Waals surface area contributed by atoms with Crippen molar-refractivity contribution in [3.63, 3.8) is 0 Å². The molecule has 19 heavy (non-hydrogen) atoms. The molecule has 104 valence electrons. The van der Waals surface area contributed by atoms with Crippen molar-refractivity contribution in [2.75, 3.05) is 6.61 Å². The molecule has 0 aliphatic heterocycles. The Morgan fingerprint density at radius 1 is 1.21 bits per heavy atom. The van der Waals surface area contributed by atoms with E-state index < -0.39 is 5.97 Å².